The Bertz CT molecular complexity index is 768. The summed E-state index contributed by atoms with van der Waals surface area (Å²) in [6.45, 7) is 3.94. The zero-order valence-corrected chi connectivity index (χ0v) is 15.2. The Morgan fingerprint density at radius 3 is 2.72 bits per heavy atom. The maximum atomic E-state index is 11.0. The van der Waals surface area contributed by atoms with E-state index in [1.807, 2.05) is 32.0 Å². The van der Waals surface area contributed by atoms with Gasteiger partial charge in [-0.15, -0.1) is 0 Å². The molecule has 0 aliphatic rings. The summed E-state index contributed by atoms with van der Waals surface area (Å²) < 4.78 is 4.42. The molecule has 2 aromatic rings. The molecule has 0 aliphatic carbocycles. The second-order valence-corrected chi connectivity index (χ2v) is 8.54. The molecule has 0 spiro atoms. The second-order valence-electron chi connectivity index (χ2n) is 5.69. The Balaban J connectivity index is 2.18. The number of benzene rings is 1. The number of pyridine rings is 1. The van der Waals surface area contributed by atoms with Gasteiger partial charge in [-0.25, -0.2) is 9.78 Å². The van der Waals surface area contributed by atoms with Gasteiger partial charge in [-0.1, -0.05) is 16.9 Å². The van der Waals surface area contributed by atoms with Crippen LogP contribution < -0.4 is 4.74 Å². The maximum absolute atomic E-state index is 11.0. The van der Waals surface area contributed by atoms with E-state index in [-0.39, 0.29) is 16.2 Å². The van der Waals surface area contributed by atoms with Crippen molar-refractivity contribution in [2.75, 3.05) is 0 Å². The lowest BCUT2D eigenvalue weighted by Gasteiger charge is -2.23. The summed E-state index contributed by atoms with van der Waals surface area (Å²) in [4.78, 5) is 25.6. The topological polar surface area (TPSA) is 103 Å². The van der Waals surface area contributed by atoms with Gasteiger partial charge >= 0.3 is 6.16 Å². The minimum absolute atomic E-state index is 0.106. The Hall–Kier alpha value is -2.26. The van der Waals surface area contributed by atoms with Crippen molar-refractivity contribution < 1.29 is 19.6 Å². The molecule has 0 atom stereocenters. The van der Waals surface area contributed by atoms with Crippen molar-refractivity contribution in [1.82, 2.24) is 4.98 Å². The molecule has 25 heavy (non-hydrogen) atoms. The SMILES string of the molecule is CC(C)(Cc1cc([N+](=O)[O-])ccc1OC(=O)O)SSc1ccccn1. The van der Waals surface area contributed by atoms with Crippen LogP contribution in [0.2, 0.25) is 0 Å². The van der Waals surface area contributed by atoms with Gasteiger partial charge < -0.3 is 9.84 Å². The predicted octanol–water partition coefficient (Wildman–Crippen LogP) is 4.81. The zero-order chi connectivity index (χ0) is 18.4. The van der Waals surface area contributed by atoms with Gasteiger partial charge in [0.05, 0.1) is 4.92 Å². The molecule has 0 unspecified atom stereocenters. The summed E-state index contributed by atoms with van der Waals surface area (Å²) in [6, 6.07) is 9.51. The molecule has 0 radical (unpaired) electrons. The molecule has 7 nitrogen and oxygen atoms in total. The number of aromatic nitrogens is 1. The molecule has 0 fully saturated rings. The molecule has 0 amide bonds. The quantitative estimate of drug-likeness (QED) is 0.240. The minimum Gasteiger partial charge on any atom is -0.449 e. The molecule has 1 aromatic heterocycles. The van der Waals surface area contributed by atoms with E-state index in [0.29, 0.717) is 12.0 Å². The molecular weight excluding hydrogens is 364 g/mol. The van der Waals surface area contributed by atoms with E-state index in [9.17, 15) is 14.9 Å². The number of hydrogen-bond acceptors (Lipinski definition) is 7. The summed E-state index contributed by atoms with van der Waals surface area (Å²) >= 11 is 0. The Kier molecular flexibility index (Phi) is 6.27. The summed E-state index contributed by atoms with van der Waals surface area (Å²) in [5, 5.41) is 20.7. The number of carbonyl (C=O) groups is 1. The van der Waals surface area contributed by atoms with Crippen molar-refractivity contribution in [3.8, 4) is 5.75 Å². The molecule has 132 valence electrons. The van der Waals surface area contributed by atoms with Gasteiger partial charge in [0.15, 0.2) is 0 Å². The predicted molar refractivity (Wildman–Crippen MR) is 97.2 cm³/mol. The van der Waals surface area contributed by atoms with Crippen LogP contribution in [0.4, 0.5) is 10.5 Å². The van der Waals surface area contributed by atoms with E-state index in [2.05, 4.69) is 4.98 Å². The zero-order valence-electron chi connectivity index (χ0n) is 13.5. The first kappa shape index (κ1) is 19.1. The number of rotatable bonds is 7. The highest BCUT2D eigenvalue weighted by Gasteiger charge is 2.24. The van der Waals surface area contributed by atoms with E-state index in [1.165, 1.54) is 29.0 Å². The third-order valence-corrected chi connectivity index (χ3v) is 6.27. The largest absolute Gasteiger partial charge is 0.511 e. The van der Waals surface area contributed by atoms with Crippen LogP contribution in [0, 0.1) is 10.1 Å². The first-order valence-corrected chi connectivity index (χ1v) is 9.37. The fourth-order valence-electron chi connectivity index (χ4n) is 2.05. The first-order chi connectivity index (χ1) is 11.8. The Labute approximate surface area is 152 Å². The third-order valence-electron chi connectivity index (χ3n) is 3.06. The summed E-state index contributed by atoms with van der Waals surface area (Å²) in [5.74, 6) is 0.106. The normalized spacial score (nSPS) is 11.1. The van der Waals surface area contributed by atoms with Gasteiger partial charge in [0.1, 0.15) is 10.8 Å². The molecule has 1 N–H and O–H groups in total. The number of hydrogen-bond donors (Lipinski definition) is 1. The molecule has 1 aromatic carbocycles. The van der Waals surface area contributed by atoms with Crippen LogP contribution in [0.3, 0.4) is 0 Å². The number of nitro benzene ring substituents is 1. The number of ether oxygens (including phenoxy) is 1. The van der Waals surface area contributed by atoms with Crippen LogP contribution in [0.1, 0.15) is 19.4 Å². The van der Waals surface area contributed by atoms with Crippen LogP contribution in [0.5, 0.6) is 5.75 Å². The summed E-state index contributed by atoms with van der Waals surface area (Å²) in [5.41, 5.74) is 0.363. The standard InChI is InChI=1S/C16H16N2O5S2/c1-16(2,25-24-14-5-3-4-8-17-14)10-11-9-12(18(21)22)6-7-13(11)23-15(19)20/h3-9H,10H2,1-2H3,(H,19,20). The van der Waals surface area contributed by atoms with E-state index >= 15 is 0 Å². The van der Waals surface area contributed by atoms with Crippen molar-refractivity contribution in [2.45, 2.75) is 30.0 Å². The smallest absolute Gasteiger partial charge is 0.449 e. The van der Waals surface area contributed by atoms with Gasteiger partial charge in [-0.05, 0) is 49.3 Å². The summed E-state index contributed by atoms with van der Waals surface area (Å²) in [7, 11) is 3.04. The van der Waals surface area contributed by atoms with E-state index < -0.39 is 11.1 Å². The van der Waals surface area contributed by atoms with Crippen molar-refractivity contribution in [2.24, 2.45) is 0 Å². The maximum Gasteiger partial charge on any atom is 0.511 e. The van der Waals surface area contributed by atoms with Crippen molar-refractivity contribution in [3.05, 3.63) is 58.3 Å². The Morgan fingerprint density at radius 2 is 2.12 bits per heavy atom. The highest BCUT2D eigenvalue weighted by atomic mass is 33.1. The van der Waals surface area contributed by atoms with Crippen molar-refractivity contribution >= 4 is 33.4 Å². The molecular formula is C16H16N2O5S2. The van der Waals surface area contributed by atoms with Gasteiger partial charge in [-0.3, -0.25) is 10.1 Å². The van der Waals surface area contributed by atoms with Crippen LogP contribution in [-0.2, 0) is 6.42 Å². The number of non-ortho nitro benzene ring substituents is 1. The monoisotopic (exact) mass is 380 g/mol. The first-order valence-electron chi connectivity index (χ1n) is 7.22. The van der Waals surface area contributed by atoms with Crippen molar-refractivity contribution in [3.63, 3.8) is 0 Å². The molecule has 0 aliphatic heterocycles. The van der Waals surface area contributed by atoms with Crippen LogP contribution in [0.15, 0.2) is 47.6 Å². The number of carboxylic acid groups (broad SMARTS) is 1. The molecule has 0 saturated carbocycles. The van der Waals surface area contributed by atoms with Crippen LogP contribution in [-0.4, -0.2) is 25.9 Å². The highest BCUT2D eigenvalue weighted by Crippen LogP contribution is 2.43. The average molecular weight is 380 g/mol. The fourth-order valence-corrected chi connectivity index (χ4v) is 4.22. The van der Waals surface area contributed by atoms with Gasteiger partial charge in [0.2, 0.25) is 0 Å². The molecule has 2 rings (SSSR count). The second kappa shape index (κ2) is 8.21. The average Bonchev–Trinajstić information content (AvgIpc) is 2.55. The van der Waals surface area contributed by atoms with Gasteiger partial charge in [0, 0.05) is 28.6 Å². The minimum atomic E-state index is -1.46. The molecule has 1 heterocycles. The van der Waals surface area contributed by atoms with Crippen LogP contribution >= 0.6 is 21.6 Å². The number of nitrogens with zero attached hydrogens (tertiary/aromatic N) is 2. The van der Waals surface area contributed by atoms with E-state index in [0.717, 1.165) is 5.03 Å². The van der Waals surface area contributed by atoms with E-state index in [1.54, 1.807) is 17.0 Å². The fraction of sp³-hybridized carbons (Fsp3) is 0.250. The van der Waals surface area contributed by atoms with Gasteiger partial charge in [-0.2, -0.15) is 0 Å². The third kappa shape index (κ3) is 5.95. The molecule has 9 heteroatoms. The summed E-state index contributed by atoms with van der Waals surface area (Å²) in [6.07, 6.45) is 0.639. The molecule has 0 saturated heterocycles. The van der Waals surface area contributed by atoms with Crippen LogP contribution in [0.25, 0.3) is 0 Å². The Morgan fingerprint density at radius 1 is 1.36 bits per heavy atom. The van der Waals surface area contributed by atoms with Gasteiger partial charge in [0.25, 0.3) is 5.69 Å². The van der Waals surface area contributed by atoms with Crippen molar-refractivity contribution in [1.29, 1.82) is 0 Å². The molecule has 0 bridgehead atoms. The lowest BCUT2D eigenvalue weighted by Crippen LogP contribution is -2.18. The lowest BCUT2D eigenvalue weighted by atomic mass is 10.0. The van der Waals surface area contributed by atoms with E-state index in [4.69, 9.17) is 9.84 Å². The number of nitro groups is 1. The lowest BCUT2D eigenvalue weighted by molar-refractivity contribution is -0.384. The highest BCUT2D eigenvalue weighted by molar-refractivity contribution is 8.77.